The van der Waals surface area contributed by atoms with E-state index in [1.807, 2.05) is 0 Å². The van der Waals surface area contributed by atoms with Crippen molar-refractivity contribution in [2.75, 3.05) is 13.1 Å². The van der Waals surface area contributed by atoms with Crippen LogP contribution in [0.25, 0.3) is 0 Å². The molecule has 0 radical (unpaired) electrons. The molecule has 17 heavy (non-hydrogen) atoms. The van der Waals surface area contributed by atoms with E-state index in [2.05, 4.69) is 5.32 Å². The Morgan fingerprint density at radius 2 is 2.18 bits per heavy atom. The van der Waals surface area contributed by atoms with Gasteiger partial charge in [-0.2, -0.15) is 0 Å². The van der Waals surface area contributed by atoms with Gasteiger partial charge >= 0.3 is 0 Å². The largest absolute Gasteiger partial charge is 0.389 e. The molecule has 0 aliphatic carbocycles. The molecule has 0 bridgehead atoms. The fraction of sp³-hybridized carbons (Fsp3) is 0.538. The maximum absolute atomic E-state index is 13.7. The molecule has 1 unspecified atom stereocenters. The van der Waals surface area contributed by atoms with Crippen LogP contribution in [-0.2, 0) is 6.42 Å². The lowest BCUT2D eigenvalue weighted by atomic mass is 9.87. The van der Waals surface area contributed by atoms with Crippen molar-refractivity contribution in [1.29, 1.82) is 0 Å². The highest BCUT2D eigenvalue weighted by molar-refractivity contribution is 6.31. The zero-order chi connectivity index (χ0) is 12.3. The summed E-state index contributed by atoms with van der Waals surface area (Å²) in [6, 6.07) is 4.64. The second-order valence-electron chi connectivity index (χ2n) is 4.70. The van der Waals surface area contributed by atoms with E-state index in [-0.39, 0.29) is 5.82 Å². The van der Waals surface area contributed by atoms with Gasteiger partial charge in [-0.3, -0.25) is 0 Å². The summed E-state index contributed by atoms with van der Waals surface area (Å²) in [7, 11) is 0. The minimum Gasteiger partial charge on any atom is -0.389 e. The predicted octanol–water partition coefficient (Wildman–Crippen LogP) is 2.53. The summed E-state index contributed by atoms with van der Waals surface area (Å²) in [6.45, 7) is 1.68. The average Bonchev–Trinajstić information content (AvgIpc) is 2.49. The van der Waals surface area contributed by atoms with E-state index in [0.717, 1.165) is 19.5 Å². The van der Waals surface area contributed by atoms with Gasteiger partial charge < -0.3 is 10.4 Å². The van der Waals surface area contributed by atoms with Crippen LogP contribution in [0.4, 0.5) is 4.39 Å². The van der Waals surface area contributed by atoms with E-state index in [9.17, 15) is 9.50 Å². The molecule has 1 aromatic carbocycles. The topological polar surface area (TPSA) is 32.3 Å². The number of halogens is 2. The van der Waals surface area contributed by atoms with Crippen LogP contribution in [0, 0.1) is 5.82 Å². The molecule has 0 saturated carbocycles. The van der Waals surface area contributed by atoms with Gasteiger partial charge in [-0.25, -0.2) is 4.39 Å². The van der Waals surface area contributed by atoms with E-state index in [1.165, 1.54) is 6.07 Å². The van der Waals surface area contributed by atoms with Crippen LogP contribution in [0.3, 0.4) is 0 Å². The van der Waals surface area contributed by atoms with Gasteiger partial charge in [0.2, 0.25) is 0 Å². The molecule has 2 nitrogen and oxygen atoms in total. The standard InChI is InChI=1S/C13H17ClFNO/c14-11-3-1-4-12(15)10(11)9-13(17)5-2-7-16-8-6-13/h1,3-4,16-17H,2,5-9H2. The molecular formula is C13H17ClFNO. The molecule has 1 aliphatic heterocycles. The third-order valence-electron chi connectivity index (χ3n) is 3.33. The molecule has 1 aromatic rings. The Bertz CT molecular complexity index is 369. The number of benzene rings is 1. The zero-order valence-corrected chi connectivity index (χ0v) is 10.4. The van der Waals surface area contributed by atoms with Crippen LogP contribution in [0.1, 0.15) is 24.8 Å². The van der Waals surface area contributed by atoms with Crippen molar-refractivity contribution in [2.24, 2.45) is 0 Å². The first kappa shape index (κ1) is 12.8. The average molecular weight is 258 g/mol. The Balaban J connectivity index is 2.18. The van der Waals surface area contributed by atoms with Gasteiger partial charge in [0, 0.05) is 17.0 Å². The molecule has 0 aromatic heterocycles. The van der Waals surface area contributed by atoms with E-state index >= 15 is 0 Å². The second kappa shape index (κ2) is 5.34. The summed E-state index contributed by atoms with van der Waals surface area (Å²) in [5, 5.41) is 14.1. The summed E-state index contributed by atoms with van der Waals surface area (Å²) < 4.78 is 13.7. The Kier molecular flexibility index (Phi) is 4.02. The maximum atomic E-state index is 13.7. The fourth-order valence-electron chi connectivity index (χ4n) is 2.32. The quantitative estimate of drug-likeness (QED) is 0.853. The number of aliphatic hydroxyl groups is 1. The molecule has 94 valence electrons. The lowest BCUT2D eigenvalue weighted by Crippen LogP contribution is -2.33. The summed E-state index contributed by atoms with van der Waals surface area (Å²) in [4.78, 5) is 0. The first-order valence-electron chi connectivity index (χ1n) is 5.97. The second-order valence-corrected chi connectivity index (χ2v) is 5.11. The Hall–Kier alpha value is -0.640. The molecule has 1 saturated heterocycles. The smallest absolute Gasteiger partial charge is 0.127 e. The van der Waals surface area contributed by atoms with Crippen LogP contribution >= 0.6 is 11.6 Å². The van der Waals surface area contributed by atoms with E-state index in [0.29, 0.717) is 29.8 Å². The van der Waals surface area contributed by atoms with Gasteiger partial charge in [0.05, 0.1) is 5.60 Å². The maximum Gasteiger partial charge on any atom is 0.127 e. The molecule has 4 heteroatoms. The SMILES string of the molecule is OC1(Cc2c(F)cccc2Cl)CCCNCC1. The molecule has 1 aliphatic rings. The van der Waals surface area contributed by atoms with Crippen molar-refractivity contribution in [3.63, 3.8) is 0 Å². The van der Waals surface area contributed by atoms with Crippen LogP contribution in [0.5, 0.6) is 0 Å². The minimum absolute atomic E-state index is 0.292. The summed E-state index contributed by atoms with van der Waals surface area (Å²) >= 11 is 5.98. The van der Waals surface area contributed by atoms with E-state index in [1.54, 1.807) is 12.1 Å². The first-order valence-corrected chi connectivity index (χ1v) is 6.34. The Morgan fingerprint density at radius 1 is 1.35 bits per heavy atom. The highest BCUT2D eigenvalue weighted by Gasteiger charge is 2.30. The van der Waals surface area contributed by atoms with Gasteiger partial charge in [0.15, 0.2) is 0 Å². The zero-order valence-electron chi connectivity index (χ0n) is 9.68. The van der Waals surface area contributed by atoms with Crippen LogP contribution < -0.4 is 5.32 Å². The van der Waals surface area contributed by atoms with Crippen molar-refractivity contribution >= 4 is 11.6 Å². The fourth-order valence-corrected chi connectivity index (χ4v) is 2.55. The lowest BCUT2D eigenvalue weighted by molar-refractivity contribution is 0.0277. The number of hydrogen-bond donors (Lipinski definition) is 2. The van der Waals surface area contributed by atoms with E-state index < -0.39 is 5.60 Å². The van der Waals surface area contributed by atoms with Crippen molar-refractivity contribution in [2.45, 2.75) is 31.3 Å². The summed E-state index contributed by atoms with van der Waals surface area (Å²) in [5.41, 5.74) is -0.409. The predicted molar refractivity (Wildman–Crippen MR) is 66.8 cm³/mol. The Labute approximate surface area is 106 Å². The third kappa shape index (κ3) is 3.18. The van der Waals surface area contributed by atoms with E-state index in [4.69, 9.17) is 11.6 Å². The summed E-state index contributed by atoms with van der Waals surface area (Å²) in [6.07, 6.45) is 2.52. The lowest BCUT2D eigenvalue weighted by Gasteiger charge is -2.27. The van der Waals surface area contributed by atoms with Crippen LogP contribution in [0.2, 0.25) is 5.02 Å². The number of nitrogens with one attached hydrogen (secondary N) is 1. The molecule has 2 N–H and O–H groups in total. The van der Waals surface area contributed by atoms with Gasteiger partial charge in [-0.15, -0.1) is 0 Å². The molecule has 1 atom stereocenters. The molecule has 0 amide bonds. The van der Waals surface area contributed by atoms with Gasteiger partial charge in [-0.05, 0) is 44.5 Å². The van der Waals surface area contributed by atoms with Gasteiger partial charge in [-0.1, -0.05) is 17.7 Å². The van der Waals surface area contributed by atoms with Crippen molar-refractivity contribution in [1.82, 2.24) is 5.32 Å². The van der Waals surface area contributed by atoms with Crippen molar-refractivity contribution in [3.05, 3.63) is 34.6 Å². The molecule has 1 fully saturated rings. The number of hydrogen-bond acceptors (Lipinski definition) is 2. The Morgan fingerprint density at radius 3 is 2.94 bits per heavy atom. The van der Waals surface area contributed by atoms with Crippen molar-refractivity contribution in [3.8, 4) is 0 Å². The molecule has 2 rings (SSSR count). The molecule has 1 heterocycles. The summed E-state index contributed by atoms with van der Waals surface area (Å²) in [5.74, 6) is -0.330. The highest BCUT2D eigenvalue weighted by Crippen LogP contribution is 2.29. The van der Waals surface area contributed by atoms with Crippen molar-refractivity contribution < 1.29 is 9.50 Å². The monoisotopic (exact) mass is 257 g/mol. The third-order valence-corrected chi connectivity index (χ3v) is 3.68. The number of rotatable bonds is 2. The normalized spacial score (nSPS) is 25.6. The first-order chi connectivity index (χ1) is 8.11. The minimum atomic E-state index is -0.838. The van der Waals surface area contributed by atoms with Crippen LogP contribution in [-0.4, -0.2) is 23.8 Å². The molecular weight excluding hydrogens is 241 g/mol. The van der Waals surface area contributed by atoms with Crippen LogP contribution in [0.15, 0.2) is 18.2 Å². The van der Waals surface area contributed by atoms with Gasteiger partial charge in [0.25, 0.3) is 0 Å². The molecule has 0 spiro atoms. The highest BCUT2D eigenvalue weighted by atomic mass is 35.5. The van der Waals surface area contributed by atoms with Gasteiger partial charge in [0.1, 0.15) is 5.82 Å².